The fraction of sp³-hybridized carbons (Fsp3) is 0.375. The van der Waals surface area contributed by atoms with E-state index < -0.39 is 18.0 Å². The van der Waals surface area contributed by atoms with Gasteiger partial charge in [0.05, 0.1) is 27.8 Å². The van der Waals surface area contributed by atoms with Gasteiger partial charge in [0.15, 0.2) is 0 Å². The minimum absolute atomic E-state index is 0.277. The molecule has 1 aliphatic heterocycles. The van der Waals surface area contributed by atoms with E-state index in [1.54, 1.807) is 32.0 Å². The number of nitrogens with one attached hydrogen (secondary N) is 2. The van der Waals surface area contributed by atoms with Crippen LogP contribution in [0.4, 0.5) is 4.79 Å². The highest BCUT2D eigenvalue weighted by Gasteiger charge is 2.34. The molecule has 0 fully saturated rings. The van der Waals surface area contributed by atoms with Gasteiger partial charge < -0.3 is 15.4 Å². The molecule has 124 valence electrons. The Morgan fingerprint density at radius 3 is 2.65 bits per heavy atom. The van der Waals surface area contributed by atoms with E-state index in [4.69, 9.17) is 27.9 Å². The molecule has 0 aromatic heterocycles. The molecule has 1 heterocycles. The van der Waals surface area contributed by atoms with Crippen molar-refractivity contribution in [3.8, 4) is 0 Å². The fourth-order valence-electron chi connectivity index (χ4n) is 2.39. The van der Waals surface area contributed by atoms with Gasteiger partial charge in [0, 0.05) is 5.70 Å². The minimum Gasteiger partial charge on any atom is -0.459 e. The van der Waals surface area contributed by atoms with Gasteiger partial charge in [0.25, 0.3) is 0 Å². The predicted molar refractivity (Wildman–Crippen MR) is 89.4 cm³/mol. The lowest BCUT2D eigenvalue weighted by Gasteiger charge is -2.30. The van der Waals surface area contributed by atoms with Crippen LogP contribution in [0.1, 0.15) is 38.8 Å². The fourth-order valence-corrected chi connectivity index (χ4v) is 2.81. The van der Waals surface area contributed by atoms with Crippen LogP contribution in [-0.4, -0.2) is 18.1 Å². The highest BCUT2D eigenvalue weighted by molar-refractivity contribution is 6.42. The number of urea groups is 1. The summed E-state index contributed by atoms with van der Waals surface area (Å²) in [7, 11) is 0. The molecule has 0 spiro atoms. The zero-order valence-electron chi connectivity index (χ0n) is 13.1. The summed E-state index contributed by atoms with van der Waals surface area (Å²) >= 11 is 12.3. The molecule has 0 saturated heterocycles. The zero-order valence-corrected chi connectivity index (χ0v) is 14.6. The van der Waals surface area contributed by atoms with Gasteiger partial charge in [-0.25, -0.2) is 9.59 Å². The molecule has 0 radical (unpaired) electrons. The van der Waals surface area contributed by atoms with Crippen LogP contribution < -0.4 is 10.6 Å². The van der Waals surface area contributed by atoms with E-state index in [9.17, 15) is 9.59 Å². The van der Waals surface area contributed by atoms with Gasteiger partial charge in [-0.2, -0.15) is 0 Å². The number of esters is 1. The third-order valence-corrected chi connectivity index (χ3v) is 4.20. The lowest BCUT2D eigenvalue weighted by Crippen LogP contribution is -2.46. The molecule has 2 rings (SSSR count). The maximum Gasteiger partial charge on any atom is 0.338 e. The molecule has 0 aliphatic carbocycles. The molecule has 0 saturated carbocycles. The topological polar surface area (TPSA) is 67.4 Å². The first kappa shape index (κ1) is 17.6. The second kappa shape index (κ2) is 7.23. The van der Waals surface area contributed by atoms with Crippen molar-refractivity contribution in [2.24, 2.45) is 0 Å². The Morgan fingerprint density at radius 1 is 1.35 bits per heavy atom. The number of ether oxygens (including phenoxy) is 1. The van der Waals surface area contributed by atoms with Gasteiger partial charge in [-0.15, -0.1) is 0 Å². The Hall–Kier alpha value is -1.72. The molecular weight excluding hydrogens is 339 g/mol. The molecular formula is C16H18Cl2N2O3. The van der Waals surface area contributed by atoms with Gasteiger partial charge in [0.2, 0.25) is 0 Å². The summed E-state index contributed by atoms with van der Waals surface area (Å²) in [6.45, 7) is 5.38. The highest BCUT2D eigenvalue weighted by atomic mass is 35.5. The first-order valence-corrected chi connectivity index (χ1v) is 8.06. The van der Waals surface area contributed by atoms with Crippen LogP contribution in [0.3, 0.4) is 0 Å². The van der Waals surface area contributed by atoms with Crippen LogP contribution in [0, 0.1) is 0 Å². The number of rotatable bonds is 4. The second-order valence-corrected chi connectivity index (χ2v) is 6.16. The Labute approximate surface area is 145 Å². The molecule has 2 amide bonds. The first-order chi connectivity index (χ1) is 10.8. The summed E-state index contributed by atoms with van der Waals surface area (Å²) in [6, 6.07) is 3.97. The van der Waals surface area contributed by atoms with Crippen molar-refractivity contribution in [1.82, 2.24) is 10.6 Å². The standard InChI is InChI=1S/C16H18Cl2N2O3/c1-4-11-12(15(21)23-8(2)3)14(20-16(22)19-11)9-6-5-7-10(17)13(9)18/h5-8,14H,4H2,1-3H3,(H2,19,20,22). The summed E-state index contributed by atoms with van der Waals surface area (Å²) in [6.07, 6.45) is 0.200. The van der Waals surface area contributed by atoms with E-state index in [2.05, 4.69) is 10.6 Å². The normalized spacial score (nSPS) is 17.8. The van der Waals surface area contributed by atoms with E-state index in [0.29, 0.717) is 33.3 Å². The van der Waals surface area contributed by atoms with Gasteiger partial charge in [0.1, 0.15) is 0 Å². The quantitative estimate of drug-likeness (QED) is 0.802. The Balaban J connectivity index is 2.55. The lowest BCUT2D eigenvalue weighted by molar-refractivity contribution is -0.143. The highest BCUT2D eigenvalue weighted by Crippen LogP contribution is 2.36. The summed E-state index contributed by atoms with van der Waals surface area (Å²) in [5.74, 6) is -0.495. The molecule has 23 heavy (non-hydrogen) atoms. The number of carbonyl (C=O) groups is 2. The molecule has 1 atom stereocenters. The van der Waals surface area contributed by atoms with Crippen molar-refractivity contribution in [3.63, 3.8) is 0 Å². The van der Waals surface area contributed by atoms with Crippen LogP contribution in [0.25, 0.3) is 0 Å². The number of benzene rings is 1. The number of amides is 2. The third-order valence-electron chi connectivity index (χ3n) is 3.36. The Morgan fingerprint density at radius 2 is 2.04 bits per heavy atom. The van der Waals surface area contributed by atoms with Crippen LogP contribution in [0.15, 0.2) is 29.5 Å². The molecule has 5 nitrogen and oxygen atoms in total. The first-order valence-electron chi connectivity index (χ1n) is 7.30. The lowest BCUT2D eigenvalue weighted by atomic mass is 9.94. The van der Waals surface area contributed by atoms with Crippen molar-refractivity contribution >= 4 is 35.2 Å². The van der Waals surface area contributed by atoms with Gasteiger partial charge in [-0.05, 0) is 31.9 Å². The van der Waals surface area contributed by atoms with Crippen LogP contribution in [0.2, 0.25) is 10.0 Å². The molecule has 1 unspecified atom stereocenters. The third kappa shape index (κ3) is 3.79. The molecule has 1 aromatic carbocycles. The summed E-state index contributed by atoms with van der Waals surface area (Å²) in [5, 5.41) is 6.03. The Kier molecular flexibility index (Phi) is 5.55. The maximum atomic E-state index is 12.5. The van der Waals surface area contributed by atoms with Crippen molar-refractivity contribution < 1.29 is 14.3 Å². The minimum atomic E-state index is -0.712. The monoisotopic (exact) mass is 356 g/mol. The van der Waals surface area contributed by atoms with Crippen LogP contribution in [-0.2, 0) is 9.53 Å². The van der Waals surface area contributed by atoms with Crippen molar-refractivity contribution in [2.75, 3.05) is 0 Å². The van der Waals surface area contributed by atoms with E-state index >= 15 is 0 Å². The molecule has 1 aromatic rings. The van der Waals surface area contributed by atoms with Crippen molar-refractivity contribution in [3.05, 3.63) is 45.1 Å². The summed E-state index contributed by atoms with van der Waals surface area (Å²) in [5.41, 5.74) is 1.40. The van der Waals surface area contributed by atoms with Crippen molar-refractivity contribution in [1.29, 1.82) is 0 Å². The number of allylic oxidation sites excluding steroid dienone is 1. The molecule has 0 bridgehead atoms. The largest absolute Gasteiger partial charge is 0.459 e. The molecule has 7 heteroatoms. The Bertz CT molecular complexity index is 671. The number of carbonyl (C=O) groups excluding carboxylic acids is 2. The van der Waals surface area contributed by atoms with Gasteiger partial charge >= 0.3 is 12.0 Å². The van der Waals surface area contributed by atoms with Crippen LogP contribution >= 0.6 is 23.2 Å². The van der Waals surface area contributed by atoms with Gasteiger partial charge in [-0.1, -0.05) is 42.3 Å². The smallest absolute Gasteiger partial charge is 0.338 e. The number of halogens is 2. The molecule has 2 N–H and O–H groups in total. The van der Waals surface area contributed by atoms with E-state index in [1.165, 1.54) is 0 Å². The number of hydrogen-bond donors (Lipinski definition) is 2. The van der Waals surface area contributed by atoms with Crippen molar-refractivity contribution in [2.45, 2.75) is 39.3 Å². The summed E-state index contributed by atoms with van der Waals surface area (Å²) < 4.78 is 5.31. The maximum absolute atomic E-state index is 12.5. The molecule has 1 aliphatic rings. The average molecular weight is 357 g/mol. The second-order valence-electron chi connectivity index (χ2n) is 5.37. The zero-order chi connectivity index (χ0) is 17.1. The van der Waals surface area contributed by atoms with E-state index in [-0.39, 0.29) is 6.10 Å². The number of hydrogen-bond acceptors (Lipinski definition) is 3. The van der Waals surface area contributed by atoms with E-state index in [0.717, 1.165) is 0 Å². The average Bonchev–Trinajstić information content (AvgIpc) is 2.48. The van der Waals surface area contributed by atoms with Gasteiger partial charge in [-0.3, -0.25) is 0 Å². The van der Waals surface area contributed by atoms with E-state index in [1.807, 2.05) is 6.92 Å². The van der Waals surface area contributed by atoms with Crippen LogP contribution in [0.5, 0.6) is 0 Å². The summed E-state index contributed by atoms with van der Waals surface area (Å²) in [4.78, 5) is 24.4. The predicted octanol–water partition coefficient (Wildman–Crippen LogP) is 3.96. The SMILES string of the molecule is CCC1=C(C(=O)OC(C)C)C(c2cccc(Cl)c2Cl)NC(=O)N1.